The summed E-state index contributed by atoms with van der Waals surface area (Å²) in [5.74, 6) is 0.969. The van der Waals surface area contributed by atoms with Crippen molar-refractivity contribution in [1.82, 2.24) is 14.9 Å². The predicted octanol–water partition coefficient (Wildman–Crippen LogP) is 2.92. The molecule has 0 bridgehead atoms. The number of hydrogen-bond donors (Lipinski definition) is 0. The fourth-order valence-corrected chi connectivity index (χ4v) is 3.00. The molecule has 0 saturated carbocycles. The van der Waals surface area contributed by atoms with Crippen LogP contribution in [0.1, 0.15) is 30.0 Å². The minimum Gasteiger partial charge on any atom is -0.363 e. The number of nitrogens with zero attached hydrogens (tertiary/aromatic N) is 4. The molecule has 1 aliphatic heterocycles. The third-order valence-electron chi connectivity index (χ3n) is 4.27. The van der Waals surface area contributed by atoms with Gasteiger partial charge in [-0.2, -0.15) is 0 Å². The Bertz CT molecular complexity index is 727. The highest BCUT2D eigenvalue weighted by molar-refractivity contribution is 5.92. The summed E-state index contributed by atoms with van der Waals surface area (Å²) in [6, 6.07) is 7.98. The number of amides is 1. The quantitative estimate of drug-likeness (QED) is 0.812. The van der Waals surface area contributed by atoms with Crippen LogP contribution in [0.2, 0.25) is 0 Å². The van der Waals surface area contributed by atoms with Gasteiger partial charge in [0.1, 0.15) is 5.82 Å². The maximum atomic E-state index is 12.6. The molecule has 1 atom stereocenters. The Hall–Kier alpha value is -2.69. The van der Waals surface area contributed by atoms with Crippen LogP contribution in [-0.4, -0.2) is 41.4 Å². The van der Waals surface area contributed by atoms with Crippen molar-refractivity contribution in [3.63, 3.8) is 0 Å². The van der Waals surface area contributed by atoms with Crippen molar-refractivity contribution in [2.24, 2.45) is 0 Å². The Morgan fingerprint density at radius 2 is 2.04 bits per heavy atom. The zero-order valence-electron chi connectivity index (χ0n) is 14.1. The van der Waals surface area contributed by atoms with E-state index in [0.29, 0.717) is 0 Å². The first kappa shape index (κ1) is 16.2. The number of pyridine rings is 2. The minimum atomic E-state index is 0.0533. The molecule has 2 aromatic heterocycles. The average molecular weight is 322 g/mol. The lowest BCUT2D eigenvalue weighted by molar-refractivity contribution is -0.126. The van der Waals surface area contributed by atoms with E-state index in [4.69, 9.17) is 0 Å². The van der Waals surface area contributed by atoms with E-state index in [9.17, 15) is 4.79 Å². The Morgan fingerprint density at radius 1 is 1.25 bits per heavy atom. The molecule has 3 heterocycles. The molecule has 24 heavy (non-hydrogen) atoms. The van der Waals surface area contributed by atoms with Crippen LogP contribution in [-0.2, 0) is 4.79 Å². The van der Waals surface area contributed by atoms with Gasteiger partial charge in [-0.1, -0.05) is 0 Å². The zero-order chi connectivity index (χ0) is 16.9. The summed E-state index contributed by atoms with van der Waals surface area (Å²) in [4.78, 5) is 24.9. The van der Waals surface area contributed by atoms with Gasteiger partial charge in [-0.05, 0) is 54.3 Å². The Morgan fingerprint density at radius 3 is 2.79 bits per heavy atom. The van der Waals surface area contributed by atoms with E-state index in [1.54, 1.807) is 18.5 Å². The molecule has 0 aliphatic carbocycles. The van der Waals surface area contributed by atoms with Crippen molar-refractivity contribution in [2.45, 2.75) is 18.9 Å². The van der Waals surface area contributed by atoms with Crippen molar-refractivity contribution < 1.29 is 4.79 Å². The second-order valence-corrected chi connectivity index (χ2v) is 6.15. The number of anilines is 1. The van der Waals surface area contributed by atoms with Crippen LogP contribution in [0.3, 0.4) is 0 Å². The van der Waals surface area contributed by atoms with Gasteiger partial charge in [0.25, 0.3) is 0 Å². The van der Waals surface area contributed by atoms with E-state index in [-0.39, 0.29) is 11.9 Å². The van der Waals surface area contributed by atoms with E-state index in [0.717, 1.165) is 36.3 Å². The molecule has 5 heteroatoms. The normalized spacial score (nSPS) is 17.4. The molecule has 1 aliphatic rings. The highest BCUT2D eigenvalue weighted by Crippen LogP contribution is 2.33. The number of hydrogen-bond acceptors (Lipinski definition) is 4. The van der Waals surface area contributed by atoms with E-state index in [2.05, 4.69) is 16.0 Å². The Kier molecular flexibility index (Phi) is 4.89. The van der Waals surface area contributed by atoms with Gasteiger partial charge in [0.2, 0.25) is 5.91 Å². The van der Waals surface area contributed by atoms with Crippen molar-refractivity contribution in [3.05, 3.63) is 60.1 Å². The maximum absolute atomic E-state index is 12.6. The van der Waals surface area contributed by atoms with Crippen LogP contribution in [0.15, 0.2) is 48.9 Å². The third kappa shape index (κ3) is 3.62. The summed E-state index contributed by atoms with van der Waals surface area (Å²) in [6.07, 6.45) is 10.8. The van der Waals surface area contributed by atoms with E-state index < -0.39 is 0 Å². The molecule has 2 aromatic rings. The molecule has 0 aromatic carbocycles. The van der Waals surface area contributed by atoms with E-state index >= 15 is 0 Å². The average Bonchev–Trinajstić information content (AvgIpc) is 3.10. The SMILES string of the molecule is CN(C)c1cc([C@@H]2CCCN2C(=O)/C=C/c2ccncc2)ccn1. The van der Waals surface area contributed by atoms with Gasteiger partial charge in [-0.3, -0.25) is 9.78 Å². The molecule has 5 nitrogen and oxygen atoms in total. The summed E-state index contributed by atoms with van der Waals surface area (Å²) >= 11 is 0. The van der Waals surface area contributed by atoms with Gasteiger partial charge in [-0.25, -0.2) is 4.98 Å². The van der Waals surface area contributed by atoms with Crippen molar-refractivity contribution in [3.8, 4) is 0 Å². The van der Waals surface area contributed by atoms with Crippen molar-refractivity contribution in [2.75, 3.05) is 25.5 Å². The topological polar surface area (TPSA) is 49.3 Å². The molecule has 124 valence electrons. The largest absolute Gasteiger partial charge is 0.363 e. The molecule has 0 spiro atoms. The van der Waals surface area contributed by atoms with Crippen molar-refractivity contribution >= 4 is 17.8 Å². The van der Waals surface area contributed by atoms with Crippen LogP contribution in [0.4, 0.5) is 5.82 Å². The smallest absolute Gasteiger partial charge is 0.247 e. The molecule has 1 fully saturated rings. The minimum absolute atomic E-state index is 0.0533. The molecule has 3 rings (SSSR count). The van der Waals surface area contributed by atoms with Gasteiger partial charge in [-0.15, -0.1) is 0 Å². The first-order valence-corrected chi connectivity index (χ1v) is 8.17. The lowest BCUT2D eigenvalue weighted by Crippen LogP contribution is -2.29. The standard InChI is InChI=1S/C19H22N4O/c1-22(2)18-14-16(9-12-21-18)17-4-3-13-23(17)19(24)6-5-15-7-10-20-11-8-15/h5-12,14,17H,3-4,13H2,1-2H3/b6-5+/t17-/m0/s1. The van der Waals surface area contributed by atoms with Gasteiger partial charge >= 0.3 is 0 Å². The third-order valence-corrected chi connectivity index (χ3v) is 4.27. The van der Waals surface area contributed by atoms with Gasteiger partial charge in [0.05, 0.1) is 6.04 Å². The number of carbonyl (C=O) groups is 1. The van der Waals surface area contributed by atoms with Crippen LogP contribution in [0.25, 0.3) is 6.08 Å². The van der Waals surface area contributed by atoms with Crippen LogP contribution in [0.5, 0.6) is 0 Å². The molecule has 1 saturated heterocycles. The summed E-state index contributed by atoms with van der Waals surface area (Å²) in [6.45, 7) is 0.795. The van der Waals surface area contributed by atoms with Crippen LogP contribution in [0, 0.1) is 0 Å². The monoisotopic (exact) mass is 322 g/mol. The Balaban J connectivity index is 1.76. The lowest BCUT2D eigenvalue weighted by atomic mass is 10.1. The van der Waals surface area contributed by atoms with E-state index in [1.807, 2.05) is 54.4 Å². The zero-order valence-corrected chi connectivity index (χ0v) is 14.1. The fourth-order valence-electron chi connectivity index (χ4n) is 3.00. The number of aromatic nitrogens is 2. The maximum Gasteiger partial charge on any atom is 0.247 e. The van der Waals surface area contributed by atoms with Crippen molar-refractivity contribution in [1.29, 1.82) is 0 Å². The fraction of sp³-hybridized carbons (Fsp3) is 0.316. The molecular formula is C19H22N4O. The second kappa shape index (κ2) is 7.25. The number of rotatable bonds is 4. The first-order valence-electron chi connectivity index (χ1n) is 8.17. The van der Waals surface area contributed by atoms with E-state index in [1.165, 1.54) is 0 Å². The molecule has 0 N–H and O–H groups in total. The van der Waals surface area contributed by atoms with Crippen LogP contribution >= 0.6 is 0 Å². The van der Waals surface area contributed by atoms with Crippen LogP contribution < -0.4 is 4.90 Å². The molecule has 0 radical (unpaired) electrons. The highest BCUT2D eigenvalue weighted by Gasteiger charge is 2.29. The summed E-state index contributed by atoms with van der Waals surface area (Å²) in [7, 11) is 3.95. The molecule has 0 unspecified atom stereocenters. The van der Waals surface area contributed by atoms with Gasteiger partial charge in [0.15, 0.2) is 0 Å². The number of likely N-dealkylation sites (tertiary alicyclic amines) is 1. The highest BCUT2D eigenvalue weighted by atomic mass is 16.2. The van der Waals surface area contributed by atoms with Gasteiger partial charge < -0.3 is 9.80 Å². The number of carbonyl (C=O) groups excluding carboxylic acids is 1. The second-order valence-electron chi connectivity index (χ2n) is 6.15. The Labute approximate surface area is 142 Å². The molecular weight excluding hydrogens is 300 g/mol. The summed E-state index contributed by atoms with van der Waals surface area (Å²) in [5.41, 5.74) is 2.13. The predicted molar refractivity (Wildman–Crippen MR) is 95.5 cm³/mol. The molecule has 1 amide bonds. The summed E-state index contributed by atoms with van der Waals surface area (Å²) < 4.78 is 0. The summed E-state index contributed by atoms with van der Waals surface area (Å²) in [5, 5.41) is 0. The first-order chi connectivity index (χ1) is 11.6. The lowest BCUT2D eigenvalue weighted by Gasteiger charge is -2.24. The van der Waals surface area contributed by atoms with Gasteiger partial charge in [0, 0.05) is 45.3 Å².